The second-order valence-corrected chi connectivity index (χ2v) is 5.88. The Labute approximate surface area is 144 Å². The maximum absolute atomic E-state index is 12.3. The predicted molar refractivity (Wildman–Crippen MR) is 90.0 cm³/mol. The molecule has 25 heavy (non-hydrogen) atoms. The minimum atomic E-state index is -0.445. The van der Waals surface area contributed by atoms with Gasteiger partial charge in [-0.15, -0.1) is 12.3 Å². The van der Waals surface area contributed by atoms with Crippen molar-refractivity contribution < 1.29 is 14.4 Å². The fourth-order valence-corrected chi connectivity index (χ4v) is 2.58. The number of hydrogen-bond acceptors (Lipinski definition) is 5. The normalized spacial score (nSPS) is 16.8. The predicted octanol–water partition coefficient (Wildman–Crippen LogP) is 1.06. The maximum Gasteiger partial charge on any atom is 0.253 e. The molecule has 1 aromatic carbocycles. The molecule has 0 bridgehead atoms. The van der Waals surface area contributed by atoms with E-state index in [-0.39, 0.29) is 24.3 Å². The summed E-state index contributed by atoms with van der Waals surface area (Å²) in [6.07, 6.45) is 7.10. The van der Waals surface area contributed by atoms with Crippen LogP contribution in [0.4, 0.5) is 5.69 Å². The Morgan fingerprint density at radius 2 is 2.12 bits per heavy atom. The van der Waals surface area contributed by atoms with Gasteiger partial charge in [0.2, 0.25) is 5.91 Å². The van der Waals surface area contributed by atoms with Crippen molar-refractivity contribution in [2.75, 3.05) is 18.4 Å². The number of carbonyl (C=O) groups is 3. The largest absolute Gasteiger partial charge is 0.352 e. The molecule has 2 heterocycles. The number of hydrogen-bond donors (Lipinski definition) is 3. The second kappa shape index (κ2) is 6.73. The summed E-state index contributed by atoms with van der Waals surface area (Å²) in [5.41, 5.74) is 0.562. The highest BCUT2D eigenvalue weighted by Crippen LogP contribution is 2.36. The van der Waals surface area contributed by atoms with E-state index in [2.05, 4.69) is 32.1 Å². The smallest absolute Gasteiger partial charge is 0.253 e. The first-order valence-corrected chi connectivity index (χ1v) is 7.91. The van der Waals surface area contributed by atoms with Crippen molar-refractivity contribution in [2.45, 2.75) is 24.9 Å². The molecule has 0 aliphatic carbocycles. The van der Waals surface area contributed by atoms with Crippen LogP contribution in [0.1, 0.15) is 40.0 Å². The lowest BCUT2D eigenvalue weighted by Gasteiger charge is -2.11. The van der Waals surface area contributed by atoms with Gasteiger partial charge in [-0.05, 0) is 18.2 Å². The van der Waals surface area contributed by atoms with Crippen molar-refractivity contribution in [3.63, 3.8) is 0 Å². The third-order valence-electron chi connectivity index (χ3n) is 4.07. The van der Waals surface area contributed by atoms with Gasteiger partial charge in [-0.1, -0.05) is 0 Å². The monoisotopic (exact) mass is 339 g/mol. The van der Waals surface area contributed by atoms with Crippen molar-refractivity contribution in [2.24, 2.45) is 10.2 Å². The molecule has 3 amide bonds. The van der Waals surface area contributed by atoms with Crippen molar-refractivity contribution in [1.29, 1.82) is 0 Å². The zero-order chi connectivity index (χ0) is 17.9. The van der Waals surface area contributed by atoms with Crippen molar-refractivity contribution in [1.82, 2.24) is 10.6 Å². The van der Waals surface area contributed by atoms with E-state index in [1.165, 1.54) is 12.1 Å². The van der Waals surface area contributed by atoms with Gasteiger partial charge in [0.1, 0.15) is 0 Å². The SMILES string of the molecule is C#CCCC1(CCNC(=O)c2ccc3c(c2)NC(=O)CNC3=O)N=N1. The summed E-state index contributed by atoms with van der Waals surface area (Å²) in [4.78, 5) is 35.7. The van der Waals surface area contributed by atoms with Gasteiger partial charge in [0, 0.05) is 31.4 Å². The van der Waals surface area contributed by atoms with Crippen LogP contribution < -0.4 is 16.0 Å². The number of rotatable bonds is 6. The molecule has 8 nitrogen and oxygen atoms in total. The van der Waals surface area contributed by atoms with E-state index >= 15 is 0 Å². The average molecular weight is 339 g/mol. The molecule has 3 rings (SSSR count). The Hall–Kier alpha value is -3.21. The molecule has 0 fully saturated rings. The van der Waals surface area contributed by atoms with Gasteiger partial charge in [-0.3, -0.25) is 14.4 Å². The van der Waals surface area contributed by atoms with Crippen LogP contribution in [-0.2, 0) is 4.79 Å². The van der Waals surface area contributed by atoms with Crippen LogP contribution in [-0.4, -0.2) is 36.5 Å². The maximum atomic E-state index is 12.3. The van der Waals surface area contributed by atoms with E-state index in [0.717, 1.165) is 0 Å². The molecule has 2 aliphatic heterocycles. The molecule has 1 aromatic rings. The lowest BCUT2D eigenvalue weighted by Crippen LogP contribution is -2.28. The Balaban J connectivity index is 1.60. The van der Waals surface area contributed by atoms with Gasteiger partial charge in [0.25, 0.3) is 11.8 Å². The van der Waals surface area contributed by atoms with Gasteiger partial charge in [-0.2, -0.15) is 10.2 Å². The number of fused-ring (bicyclic) bond motifs is 1. The summed E-state index contributed by atoms with van der Waals surface area (Å²) in [5.74, 6) is 1.57. The summed E-state index contributed by atoms with van der Waals surface area (Å²) < 4.78 is 0. The molecule has 0 saturated carbocycles. The molecular formula is C17H17N5O3. The standard InChI is InChI=1S/C17H17N5O3/c1-2-3-6-17(21-22-17)7-8-18-15(24)11-4-5-12-13(9-11)20-14(23)10-19-16(12)25/h1,4-5,9H,3,6-8,10H2,(H,18,24)(H,19,25)(H,20,23). The fraction of sp³-hybridized carbons (Fsp3) is 0.353. The molecule has 0 unspecified atom stereocenters. The number of terminal acetylenes is 1. The molecule has 0 aromatic heterocycles. The quantitative estimate of drug-likeness (QED) is 0.674. The molecule has 0 spiro atoms. The molecule has 3 N–H and O–H groups in total. The van der Waals surface area contributed by atoms with Gasteiger partial charge >= 0.3 is 0 Å². The lowest BCUT2D eigenvalue weighted by molar-refractivity contribution is -0.115. The van der Waals surface area contributed by atoms with Gasteiger partial charge < -0.3 is 16.0 Å². The Morgan fingerprint density at radius 1 is 1.32 bits per heavy atom. The topological polar surface area (TPSA) is 112 Å². The number of carbonyl (C=O) groups excluding carboxylic acids is 3. The van der Waals surface area contributed by atoms with E-state index in [4.69, 9.17) is 6.42 Å². The molecule has 0 radical (unpaired) electrons. The summed E-state index contributed by atoms with van der Waals surface area (Å²) in [5, 5.41) is 15.9. The van der Waals surface area contributed by atoms with Crippen LogP contribution in [0.2, 0.25) is 0 Å². The van der Waals surface area contributed by atoms with Crippen LogP contribution in [0.25, 0.3) is 0 Å². The first-order valence-electron chi connectivity index (χ1n) is 7.91. The Morgan fingerprint density at radius 3 is 2.84 bits per heavy atom. The number of nitrogens with zero attached hydrogens (tertiary/aromatic N) is 2. The number of anilines is 1. The summed E-state index contributed by atoms with van der Waals surface area (Å²) in [7, 11) is 0. The molecule has 0 saturated heterocycles. The van der Waals surface area contributed by atoms with E-state index in [0.29, 0.717) is 42.6 Å². The number of amides is 3. The van der Waals surface area contributed by atoms with E-state index < -0.39 is 5.66 Å². The highest BCUT2D eigenvalue weighted by atomic mass is 16.2. The lowest BCUT2D eigenvalue weighted by atomic mass is 10.0. The molecule has 2 aliphatic rings. The van der Waals surface area contributed by atoms with Crippen LogP contribution in [0.3, 0.4) is 0 Å². The van der Waals surface area contributed by atoms with E-state index in [9.17, 15) is 14.4 Å². The minimum Gasteiger partial charge on any atom is -0.352 e. The number of nitrogens with one attached hydrogen (secondary N) is 3. The fourth-order valence-electron chi connectivity index (χ4n) is 2.58. The Bertz CT molecular complexity index is 803. The van der Waals surface area contributed by atoms with Gasteiger partial charge in [-0.25, -0.2) is 0 Å². The van der Waals surface area contributed by atoms with Crippen molar-refractivity contribution >= 4 is 23.4 Å². The van der Waals surface area contributed by atoms with Gasteiger partial charge in [0.15, 0.2) is 5.66 Å². The first kappa shape index (κ1) is 16.6. The molecular weight excluding hydrogens is 322 g/mol. The van der Waals surface area contributed by atoms with Crippen molar-refractivity contribution in [3.8, 4) is 12.3 Å². The summed E-state index contributed by atoms with van der Waals surface area (Å²) in [6, 6.07) is 4.56. The minimum absolute atomic E-state index is 0.0955. The highest BCUT2D eigenvalue weighted by molar-refractivity contribution is 6.09. The molecule has 8 heteroatoms. The van der Waals surface area contributed by atoms with E-state index in [1.54, 1.807) is 6.07 Å². The van der Waals surface area contributed by atoms with Gasteiger partial charge in [0.05, 0.1) is 17.8 Å². The third-order valence-corrected chi connectivity index (χ3v) is 4.07. The first-order chi connectivity index (χ1) is 12.0. The zero-order valence-electron chi connectivity index (χ0n) is 13.5. The Kier molecular flexibility index (Phi) is 4.48. The summed E-state index contributed by atoms with van der Waals surface area (Å²) in [6.45, 7) is 0.308. The molecule has 0 atom stereocenters. The van der Waals surface area contributed by atoms with Crippen LogP contribution >= 0.6 is 0 Å². The van der Waals surface area contributed by atoms with Crippen molar-refractivity contribution in [3.05, 3.63) is 29.3 Å². The molecule has 128 valence electrons. The van der Waals surface area contributed by atoms with E-state index in [1.807, 2.05) is 0 Å². The zero-order valence-corrected chi connectivity index (χ0v) is 13.5. The third kappa shape index (κ3) is 3.83. The van der Waals surface area contributed by atoms with Crippen LogP contribution in [0.5, 0.6) is 0 Å². The van der Waals surface area contributed by atoms with Crippen LogP contribution in [0.15, 0.2) is 28.4 Å². The number of benzene rings is 1. The van der Waals surface area contributed by atoms with Crippen LogP contribution in [0, 0.1) is 12.3 Å². The summed E-state index contributed by atoms with van der Waals surface area (Å²) >= 11 is 0. The highest BCUT2D eigenvalue weighted by Gasteiger charge is 2.38. The second-order valence-electron chi connectivity index (χ2n) is 5.88. The average Bonchev–Trinajstić information content (AvgIpc) is 3.39.